The maximum absolute atomic E-state index is 14.8. The van der Waals surface area contributed by atoms with E-state index < -0.39 is 110 Å². The molecule has 5 N–H and O–H groups in total. The van der Waals surface area contributed by atoms with Gasteiger partial charge in [-0.3, -0.25) is 24.0 Å². The highest BCUT2D eigenvalue weighted by Crippen LogP contribution is 2.80. The van der Waals surface area contributed by atoms with Gasteiger partial charge in [-0.15, -0.1) is 0 Å². The summed E-state index contributed by atoms with van der Waals surface area (Å²) in [6.07, 6.45) is -3.21. The summed E-state index contributed by atoms with van der Waals surface area (Å²) >= 11 is 0. The number of benzene rings is 2. The van der Waals surface area contributed by atoms with Crippen molar-refractivity contribution in [2.24, 2.45) is 34.5 Å². The molecule has 8 atom stereocenters. The van der Waals surface area contributed by atoms with Gasteiger partial charge in [-0.25, -0.2) is 0 Å². The molecule has 6 aliphatic carbocycles. The van der Waals surface area contributed by atoms with Crippen LogP contribution in [0.5, 0.6) is 11.5 Å². The Morgan fingerprint density at radius 1 is 0.721 bits per heavy atom. The van der Waals surface area contributed by atoms with Gasteiger partial charge in [-0.2, -0.15) is 0 Å². The van der Waals surface area contributed by atoms with E-state index in [4.69, 9.17) is 4.74 Å². The highest BCUT2D eigenvalue weighted by atomic mass is 16.5. The molecule has 8 unspecified atom stereocenters. The van der Waals surface area contributed by atoms with Crippen molar-refractivity contribution < 1.29 is 54.2 Å². The minimum atomic E-state index is -2.29. The summed E-state index contributed by atoms with van der Waals surface area (Å²) in [6.45, 7) is 4.26. The standard InChI is InChI=1S/C32H24O11/c1-8-4-11-15(13(34)6-8)23(36)19-26(39)21-25(38)17-18-28(43-10(3)33)22(31(17,19)29(11)41)27(40)20-24(37)16-12(30(42)32(18,20)21)5-9(2)7-14(16)35/h4-7,17-18,21-22,25,28,34-38H,1-3H3. The molecule has 6 aliphatic rings. The lowest BCUT2D eigenvalue weighted by Gasteiger charge is -2.54. The smallest absolute Gasteiger partial charge is 0.302 e. The number of phenolic OH excluding ortho intramolecular Hbond substituents is 2. The lowest BCUT2D eigenvalue weighted by molar-refractivity contribution is -0.159. The van der Waals surface area contributed by atoms with E-state index in [1.807, 2.05) is 0 Å². The van der Waals surface area contributed by atoms with Crippen LogP contribution >= 0.6 is 0 Å². The van der Waals surface area contributed by atoms with Crippen molar-refractivity contribution in [1.82, 2.24) is 0 Å². The van der Waals surface area contributed by atoms with E-state index in [9.17, 15) is 49.5 Å². The number of esters is 1. The largest absolute Gasteiger partial charge is 0.507 e. The Kier molecular flexibility index (Phi) is 4.46. The number of fused-ring (bicyclic) bond motifs is 4. The zero-order chi connectivity index (χ0) is 30.8. The van der Waals surface area contributed by atoms with E-state index in [0.29, 0.717) is 11.1 Å². The number of aliphatic hydroxyl groups excluding tert-OH is 3. The quantitative estimate of drug-likeness (QED) is 0.309. The average molecular weight is 585 g/mol. The maximum atomic E-state index is 14.8. The molecule has 11 heteroatoms. The van der Waals surface area contributed by atoms with Crippen molar-refractivity contribution in [3.63, 3.8) is 0 Å². The molecular formula is C32H24O11. The van der Waals surface area contributed by atoms with Crippen LogP contribution in [0.25, 0.3) is 11.5 Å². The molecule has 0 amide bonds. The van der Waals surface area contributed by atoms with Gasteiger partial charge in [-0.1, -0.05) is 0 Å². The number of ether oxygens (including phenoxy) is 1. The summed E-state index contributed by atoms with van der Waals surface area (Å²) in [5.41, 5.74) is -5.80. The van der Waals surface area contributed by atoms with Gasteiger partial charge in [0.15, 0.2) is 23.1 Å². The molecule has 0 radical (unpaired) electrons. The van der Waals surface area contributed by atoms with Crippen molar-refractivity contribution >= 4 is 40.6 Å². The number of ketones is 4. The zero-order valence-electron chi connectivity index (χ0n) is 23.0. The van der Waals surface area contributed by atoms with E-state index in [0.717, 1.165) is 6.92 Å². The number of hydrogen-bond donors (Lipinski definition) is 5. The zero-order valence-corrected chi connectivity index (χ0v) is 23.0. The van der Waals surface area contributed by atoms with Crippen LogP contribution in [-0.4, -0.2) is 66.8 Å². The third kappa shape index (κ3) is 2.38. The molecule has 2 aromatic carbocycles. The van der Waals surface area contributed by atoms with E-state index in [1.165, 1.54) is 24.3 Å². The number of aryl methyl sites for hydroxylation is 2. The highest BCUT2D eigenvalue weighted by Gasteiger charge is 2.90. The predicted octanol–water partition coefficient (Wildman–Crippen LogP) is 2.27. The third-order valence-corrected chi connectivity index (χ3v) is 10.7. The van der Waals surface area contributed by atoms with E-state index in [-0.39, 0.29) is 22.3 Å². The molecule has 218 valence electrons. The summed E-state index contributed by atoms with van der Waals surface area (Å²) in [5, 5.41) is 56.8. The summed E-state index contributed by atoms with van der Waals surface area (Å²) < 4.78 is 5.70. The number of aliphatic hydroxyl groups is 3. The molecule has 0 aliphatic heterocycles. The second kappa shape index (κ2) is 7.41. The first-order valence-electron chi connectivity index (χ1n) is 13.8. The Hall–Kier alpha value is -4.77. The van der Waals surface area contributed by atoms with Crippen molar-refractivity contribution in [1.29, 1.82) is 0 Å². The van der Waals surface area contributed by atoms with Crippen LogP contribution in [0.2, 0.25) is 0 Å². The van der Waals surface area contributed by atoms with E-state index >= 15 is 0 Å². The number of hydrogen-bond acceptors (Lipinski definition) is 11. The Morgan fingerprint density at radius 2 is 1.16 bits per heavy atom. The van der Waals surface area contributed by atoms with Crippen LogP contribution in [0.3, 0.4) is 0 Å². The lowest BCUT2D eigenvalue weighted by atomic mass is 9.46. The topological polar surface area (TPSA) is 196 Å². The van der Waals surface area contributed by atoms with Crippen LogP contribution in [-0.2, 0) is 19.1 Å². The maximum Gasteiger partial charge on any atom is 0.302 e. The summed E-state index contributed by atoms with van der Waals surface area (Å²) in [4.78, 5) is 71.4. The van der Waals surface area contributed by atoms with Crippen LogP contribution in [0.1, 0.15) is 49.9 Å². The molecule has 4 fully saturated rings. The molecule has 4 bridgehead atoms. The normalized spacial score (nSPS) is 36.1. The van der Waals surface area contributed by atoms with Gasteiger partial charge in [0.25, 0.3) is 0 Å². The van der Waals surface area contributed by atoms with Gasteiger partial charge in [0.05, 0.1) is 51.0 Å². The van der Waals surface area contributed by atoms with Gasteiger partial charge in [0.1, 0.15) is 29.1 Å². The number of allylic oxidation sites excluding steroid dienone is 2. The van der Waals surface area contributed by atoms with Crippen molar-refractivity contribution in [2.75, 3.05) is 0 Å². The first-order valence-corrected chi connectivity index (χ1v) is 13.8. The minimum absolute atomic E-state index is 0.205. The number of carbonyl (C=O) groups excluding carboxylic acids is 5. The fourth-order valence-corrected chi connectivity index (χ4v) is 9.81. The van der Waals surface area contributed by atoms with Crippen LogP contribution in [0.15, 0.2) is 35.4 Å². The van der Waals surface area contributed by atoms with E-state index in [1.54, 1.807) is 13.8 Å². The lowest BCUT2D eigenvalue weighted by Crippen LogP contribution is -2.65. The number of phenols is 2. The molecule has 8 rings (SSSR count). The monoisotopic (exact) mass is 584 g/mol. The number of rotatable bonds is 1. The Balaban J connectivity index is 1.56. The van der Waals surface area contributed by atoms with Crippen molar-refractivity contribution in [3.8, 4) is 11.5 Å². The van der Waals surface area contributed by atoms with Gasteiger partial charge in [-0.05, 0) is 49.2 Å². The fraction of sp³-hybridized carbons (Fsp3) is 0.344. The Morgan fingerprint density at radius 3 is 1.63 bits per heavy atom. The number of aromatic hydroxyl groups is 2. The second-order valence-electron chi connectivity index (χ2n) is 12.6. The molecule has 11 nitrogen and oxygen atoms in total. The summed E-state index contributed by atoms with van der Waals surface area (Å²) in [6, 6.07) is 5.35. The predicted molar refractivity (Wildman–Crippen MR) is 144 cm³/mol. The molecule has 0 heterocycles. The summed E-state index contributed by atoms with van der Waals surface area (Å²) in [7, 11) is 0. The van der Waals surface area contributed by atoms with Crippen molar-refractivity contribution in [3.05, 3.63) is 68.8 Å². The van der Waals surface area contributed by atoms with Gasteiger partial charge < -0.3 is 30.3 Å². The molecule has 2 aromatic rings. The molecule has 0 aromatic heterocycles. The van der Waals surface area contributed by atoms with E-state index in [2.05, 4.69) is 0 Å². The number of Topliss-reactive ketones (excluding diaryl/α,β-unsaturated/α-hetero) is 4. The SMILES string of the molecule is CC(=O)OC1C2C(=O)C3=C(O)c4c(O)cc(C)cc4C(=O)C34C3C(=O)C5=C(O)c6c(O)cc(C)cc6C(=O)C52C(C3O)C14. The summed E-state index contributed by atoms with van der Waals surface area (Å²) in [5.74, 6) is -13.2. The number of carbonyl (C=O) groups is 5. The van der Waals surface area contributed by atoms with Gasteiger partial charge in [0, 0.05) is 29.9 Å². The Bertz CT molecular complexity index is 1850. The minimum Gasteiger partial charge on any atom is -0.507 e. The molecule has 0 saturated heterocycles. The molecule has 43 heavy (non-hydrogen) atoms. The average Bonchev–Trinajstić information content (AvgIpc) is 3.27. The van der Waals surface area contributed by atoms with Gasteiger partial charge in [0.2, 0.25) is 0 Å². The molecule has 4 saturated carbocycles. The fourth-order valence-electron chi connectivity index (χ4n) is 9.81. The third-order valence-electron chi connectivity index (χ3n) is 10.7. The highest BCUT2D eigenvalue weighted by molar-refractivity contribution is 6.30. The first kappa shape index (κ1) is 25.9. The molecular weight excluding hydrogens is 560 g/mol. The van der Waals surface area contributed by atoms with Crippen LogP contribution in [0, 0.1) is 48.3 Å². The van der Waals surface area contributed by atoms with Crippen LogP contribution < -0.4 is 0 Å². The van der Waals surface area contributed by atoms with Crippen LogP contribution in [0.4, 0.5) is 0 Å². The first-order chi connectivity index (χ1) is 20.2. The second-order valence-corrected chi connectivity index (χ2v) is 12.6. The molecule has 2 spiro atoms. The Labute approximate surface area is 242 Å². The van der Waals surface area contributed by atoms with Crippen molar-refractivity contribution in [2.45, 2.75) is 33.0 Å². The van der Waals surface area contributed by atoms with Gasteiger partial charge >= 0.3 is 5.97 Å².